The van der Waals surface area contributed by atoms with Crippen LogP contribution in [-0.4, -0.2) is 56.9 Å². The molecule has 1 amide bonds. The summed E-state index contributed by atoms with van der Waals surface area (Å²) in [4.78, 5) is 24.4. The fourth-order valence-corrected chi connectivity index (χ4v) is 6.65. The highest BCUT2D eigenvalue weighted by molar-refractivity contribution is 6.01. The minimum atomic E-state index is -0.988. The number of hydrogen-bond donors (Lipinski definition) is 1. The molecule has 0 unspecified atom stereocenters. The van der Waals surface area contributed by atoms with Gasteiger partial charge >= 0.3 is 6.09 Å². The summed E-state index contributed by atoms with van der Waals surface area (Å²) >= 11 is 0. The average Bonchev–Trinajstić information content (AvgIpc) is 3.47. The molecule has 0 saturated heterocycles. The van der Waals surface area contributed by atoms with Gasteiger partial charge in [-0.3, -0.25) is 9.88 Å². The molecule has 3 saturated carbocycles. The van der Waals surface area contributed by atoms with Crippen LogP contribution in [0, 0.1) is 46.9 Å². The molecule has 0 spiro atoms. The zero-order valence-corrected chi connectivity index (χ0v) is 28.8. The van der Waals surface area contributed by atoms with Gasteiger partial charge in [0.2, 0.25) is 5.95 Å². The molecule has 49 heavy (non-hydrogen) atoms. The number of anilines is 2. The van der Waals surface area contributed by atoms with Crippen molar-refractivity contribution in [1.29, 1.82) is 10.5 Å². The Morgan fingerprint density at radius 1 is 1.18 bits per heavy atom. The van der Waals surface area contributed by atoms with Gasteiger partial charge in [0, 0.05) is 36.0 Å². The summed E-state index contributed by atoms with van der Waals surface area (Å²) in [5.74, 6) is 0.0232. The Bertz CT molecular complexity index is 1990. The molecule has 0 radical (unpaired) electrons. The molecule has 254 valence electrons. The second kappa shape index (κ2) is 12.7. The topological polar surface area (TPSA) is 155 Å². The first-order valence-electron chi connectivity index (χ1n) is 16.4. The Morgan fingerprint density at radius 3 is 2.49 bits per heavy atom. The molecule has 12 nitrogen and oxygen atoms in total. The van der Waals surface area contributed by atoms with Crippen LogP contribution < -0.4 is 10.2 Å². The van der Waals surface area contributed by atoms with Crippen molar-refractivity contribution < 1.29 is 18.7 Å². The van der Waals surface area contributed by atoms with Crippen LogP contribution in [-0.2, 0) is 15.0 Å². The molecular formula is C36H40FN9O3. The van der Waals surface area contributed by atoms with E-state index in [0.717, 1.165) is 19.3 Å². The number of carbonyl (C=O) groups excluding carboxylic acids is 1. The van der Waals surface area contributed by atoms with Crippen LogP contribution in [0.3, 0.4) is 0 Å². The van der Waals surface area contributed by atoms with Gasteiger partial charge in [-0.15, -0.1) is 5.10 Å². The second-order valence-electron chi connectivity index (χ2n) is 14.4. The van der Waals surface area contributed by atoms with Crippen LogP contribution in [0.25, 0.3) is 10.9 Å². The fourth-order valence-electron chi connectivity index (χ4n) is 6.65. The van der Waals surface area contributed by atoms with E-state index in [9.17, 15) is 19.7 Å². The van der Waals surface area contributed by atoms with E-state index in [1.54, 1.807) is 32.0 Å². The maximum Gasteiger partial charge on any atom is 0.415 e. The summed E-state index contributed by atoms with van der Waals surface area (Å²) in [5, 5.41) is 33.6. The number of nitrogens with zero attached hydrogens (tertiary/aromatic N) is 8. The van der Waals surface area contributed by atoms with Crippen LogP contribution in [0.5, 0.6) is 0 Å². The lowest BCUT2D eigenvalue weighted by Gasteiger charge is -2.61. The second-order valence-corrected chi connectivity index (χ2v) is 14.4. The third-order valence-corrected chi connectivity index (χ3v) is 9.96. The van der Waals surface area contributed by atoms with Gasteiger partial charge in [0.1, 0.15) is 30.0 Å². The first kappa shape index (κ1) is 33.7. The standard InChI is InChI=1S/C36H40FN9O3/c1-20(19-48-7)49-34(47)46(26-10-24(15-38)31-28(11-26)32(25(16-39)17-40-31)42-22(3)35(4,5)6)33(27-8-9-30(37)41-21(27)2)29-18-45(44-43-29)36-12-23(13-36)14-36/h8-11,17-18,20,22-23,33H,12-14,19H2,1-7H3,(H,40,42)/t20-,22-,23?,33+,36?/m1/s1. The zero-order chi connectivity index (χ0) is 35.2. The average molecular weight is 666 g/mol. The molecule has 3 heterocycles. The number of ether oxygens (including phenoxy) is 2. The molecule has 3 aliphatic carbocycles. The summed E-state index contributed by atoms with van der Waals surface area (Å²) in [6, 6.07) is 9.45. The van der Waals surface area contributed by atoms with E-state index >= 15 is 0 Å². The van der Waals surface area contributed by atoms with Gasteiger partial charge < -0.3 is 14.8 Å². The Kier molecular flexibility index (Phi) is 8.76. The lowest BCUT2D eigenvalue weighted by molar-refractivity contribution is -0.0989. The molecule has 3 fully saturated rings. The highest BCUT2D eigenvalue weighted by atomic mass is 19.1. The van der Waals surface area contributed by atoms with Gasteiger partial charge in [-0.25, -0.2) is 14.5 Å². The Hall–Kier alpha value is -5.14. The van der Waals surface area contributed by atoms with Gasteiger partial charge in [0.05, 0.1) is 46.4 Å². The van der Waals surface area contributed by atoms with Crippen LogP contribution in [0.2, 0.25) is 0 Å². The van der Waals surface area contributed by atoms with E-state index in [4.69, 9.17) is 9.47 Å². The predicted octanol–water partition coefficient (Wildman–Crippen LogP) is 6.54. The van der Waals surface area contributed by atoms with E-state index in [2.05, 4.69) is 58.5 Å². The van der Waals surface area contributed by atoms with Crippen molar-refractivity contribution in [3.8, 4) is 12.1 Å². The molecule has 3 aliphatic rings. The first-order valence-corrected chi connectivity index (χ1v) is 16.4. The van der Waals surface area contributed by atoms with E-state index in [1.165, 1.54) is 24.3 Å². The normalized spacial score (nSPS) is 19.8. The Balaban J connectivity index is 1.60. The summed E-state index contributed by atoms with van der Waals surface area (Å²) in [5.41, 5.74) is 2.55. The fraction of sp³-hybridized carbons (Fsp3) is 0.472. The predicted molar refractivity (Wildman–Crippen MR) is 180 cm³/mol. The van der Waals surface area contributed by atoms with Crippen molar-refractivity contribution in [2.24, 2.45) is 11.3 Å². The Morgan fingerprint density at radius 2 is 1.90 bits per heavy atom. The number of fused-ring (bicyclic) bond motifs is 1. The number of rotatable bonds is 10. The number of nitrogens with one attached hydrogen (secondary N) is 1. The molecule has 7 rings (SSSR count). The van der Waals surface area contributed by atoms with Crippen molar-refractivity contribution in [3.05, 3.63) is 70.7 Å². The lowest BCUT2D eigenvalue weighted by atomic mass is 9.50. The van der Waals surface area contributed by atoms with Crippen LogP contribution in [0.4, 0.5) is 20.6 Å². The molecule has 3 atom stereocenters. The van der Waals surface area contributed by atoms with E-state index in [1.807, 2.05) is 17.8 Å². The number of benzene rings is 1. The highest BCUT2D eigenvalue weighted by Gasteiger charge is 2.59. The number of amides is 1. The van der Waals surface area contributed by atoms with Crippen molar-refractivity contribution >= 4 is 28.4 Å². The number of halogens is 1. The third kappa shape index (κ3) is 6.15. The van der Waals surface area contributed by atoms with Gasteiger partial charge in [0.15, 0.2) is 0 Å². The number of pyridine rings is 2. The smallest absolute Gasteiger partial charge is 0.415 e. The van der Waals surface area contributed by atoms with Crippen molar-refractivity contribution in [2.45, 2.75) is 84.5 Å². The number of methoxy groups -OCH3 is 1. The monoisotopic (exact) mass is 665 g/mol. The van der Waals surface area contributed by atoms with Gasteiger partial charge in [-0.1, -0.05) is 32.1 Å². The minimum absolute atomic E-state index is 0.0878. The number of hydrogen-bond acceptors (Lipinski definition) is 10. The molecule has 1 N–H and O–H groups in total. The zero-order valence-electron chi connectivity index (χ0n) is 28.8. The number of aromatic nitrogens is 5. The van der Waals surface area contributed by atoms with E-state index in [-0.39, 0.29) is 40.4 Å². The maximum atomic E-state index is 14.5. The SMILES string of the molecule is COC[C@@H](C)OC(=O)N(c1cc(C#N)c2ncc(C#N)c(N[C@H](C)C(C)(C)C)c2c1)[C@H](c1cn(C23CC(C2)C3)nn1)c1ccc(F)nc1C. The molecule has 3 aromatic heterocycles. The molecule has 0 aliphatic heterocycles. The van der Waals surface area contributed by atoms with Crippen LogP contribution >= 0.6 is 0 Å². The van der Waals surface area contributed by atoms with Crippen LogP contribution in [0.1, 0.15) is 88.0 Å². The van der Waals surface area contributed by atoms with Crippen molar-refractivity contribution in [2.75, 3.05) is 23.9 Å². The molecular weight excluding hydrogens is 625 g/mol. The third-order valence-electron chi connectivity index (χ3n) is 9.96. The van der Waals surface area contributed by atoms with E-state index in [0.29, 0.717) is 39.5 Å². The highest BCUT2D eigenvalue weighted by Crippen LogP contribution is 2.62. The quantitative estimate of drug-likeness (QED) is 0.185. The number of carbonyl (C=O) groups is 1. The number of nitriles is 2. The van der Waals surface area contributed by atoms with Crippen molar-refractivity contribution in [1.82, 2.24) is 25.0 Å². The summed E-state index contributed by atoms with van der Waals surface area (Å²) in [6.45, 7) is 11.8. The molecule has 1 aromatic carbocycles. The van der Waals surface area contributed by atoms with Gasteiger partial charge in [-0.05, 0) is 69.6 Å². The molecule has 13 heteroatoms. The van der Waals surface area contributed by atoms with Crippen LogP contribution in [0.15, 0.2) is 36.7 Å². The van der Waals surface area contributed by atoms with Gasteiger partial charge in [0.25, 0.3) is 0 Å². The minimum Gasteiger partial charge on any atom is -0.444 e. The maximum absolute atomic E-state index is 14.5. The van der Waals surface area contributed by atoms with E-state index < -0.39 is 24.2 Å². The molecule has 2 bridgehead atoms. The van der Waals surface area contributed by atoms with Gasteiger partial charge in [-0.2, -0.15) is 14.9 Å². The summed E-state index contributed by atoms with van der Waals surface area (Å²) < 4.78 is 27.5. The summed E-state index contributed by atoms with van der Waals surface area (Å²) in [6.07, 6.45) is 4.93. The first-order chi connectivity index (χ1) is 23.3. The largest absolute Gasteiger partial charge is 0.444 e. The number of aryl methyl sites for hydroxylation is 1. The summed E-state index contributed by atoms with van der Waals surface area (Å²) in [7, 11) is 1.51. The lowest BCUT2D eigenvalue weighted by Crippen LogP contribution is -2.59. The van der Waals surface area contributed by atoms with Crippen molar-refractivity contribution in [3.63, 3.8) is 0 Å². The molecule has 4 aromatic rings. The Labute approximate surface area is 284 Å².